The van der Waals surface area contributed by atoms with E-state index in [1.54, 1.807) is 0 Å². The molecule has 0 aromatic heterocycles. The van der Waals surface area contributed by atoms with Crippen molar-refractivity contribution in [2.45, 2.75) is 50.4 Å². The van der Waals surface area contributed by atoms with Crippen LogP contribution < -0.4 is 4.74 Å². The number of carbonyl (C=O) groups excluding carboxylic acids is 2. The van der Waals surface area contributed by atoms with Gasteiger partial charge in [-0.3, -0.25) is 9.59 Å². The second-order valence-corrected chi connectivity index (χ2v) is 9.90. The molecule has 2 aliphatic heterocycles. The second-order valence-electron chi connectivity index (χ2n) is 9.90. The van der Waals surface area contributed by atoms with Gasteiger partial charge in [-0.1, -0.05) is 36.4 Å². The molecule has 0 spiro atoms. The lowest BCUT2D eigenvalue weighted by molar-refractivity contribution is -0.136. The topological polar surface area (TPSA) is 49.9 Å². The molecule has 2 heterocycles. The number of hydrogen-bond donors (Lipinski definition) is 0. The zero-order valence-corrected chi connectivity index (χ0v) is 19.4. The van der Waals surface area contributed by atoms with Crippen LogP contribution in [0.5, 0.6) is 5.75 Å². The Balaban J connectivity index is 1.18. The largest absolute Gasteiger partial charge is 0.493 e. The van der Waals surface area contributed by atoms with E-state index in [0.29, 0.717) is 18.1 Å². The molecule has 1 saturated carbocycles. The van der Waals surface area contributed by atoms with Gasteiger partial charge in [0.1, 0.15) is 5.75 Å². The number of amides is 2. The van der Waals surface area contributed by atoms with Crippen LogP contribution in [0.15, 0.2) is 54.6 Å². The van der Waals surface area contributed by atoms with Crippen LogP contribution in [0.1, 0.15) is 60.9 Å². The van der Waals surface area contributed by atoms with Gasteiger partial charge < -0.3 is 14.5 Å². The van der Waals surface area contributed by atoms with Gasteiger partial charge in [0.05, 0.1) is 12.0 Å². The number of piperidine rings is 2. The van der Waals surface area contributed by atoms with Crippen molar-refractivity contribution in [1.29, 1.82) is 0 Å². The summed E-state index contributed by atoms with van der Waals surface area (Å²) in [7, 11) is 0. The molecule has 3 aliphatic rings. The minimum atomic E-state index is -0.298. The van der Waals surface area contributed by atoms with Crippen LogP contribution in [0.4, 0.5) is 0 Å². The number of benzene rings is 2. The molecule has 0 unspecified atom stereocenters. The summed E-state index contributed by atoms with van der Waals surface area (Å²) in [6, 6.07) is 17.8. The SMILES string of the molecule is O=C(c1cccc(OC[C@@H]2CCCN(C(=O)C3(c4ccccc4)CC3)C2)c1)N1CCCCC1. The van der Waals surface area contributed by atoms with Crippen LogP contribution in [0, 0.1) is 5.92 Å². The van der Waals surface area contributed by atoms with Crippen LogP contribution >= 0.6 is 0 Å². The quantitative estimate of drug-likeness (QED) is 0.648. The van der Waals surface area contributed by atoms with E-state index >= 15 is 0 Å². The Bertz CT molecular complexity index is 980. The fourth-order valence-corrected chi connectivity index (χ4v) is 5.41. The molecular formula is C28H34N2O3. The van der Waals surface area contributed by atoms with E-state index in [4.69, 9.17) is 4.74 Å². The molecule has 2 amide bonds. The number of hydrogen-bond acceptors (Lipinski definition) is 3. The Morgan fingerprint density at radius 3 is 2.39 bits per heavy atom. The fraction of sp³-hybridized carbons (Fsp3) is 0.500. The molecule has 1 aliphatic carbocycles. The Labute approximate surface area is 196 Å². The fourth-order valence-electron chi connectivity index (χ4n) is 5.41. The number of likely N-dealkylation sites (tertiary alicyclic amines) is 2. The highest BCUT2D eigenvalue weighted by atomic mass is 16.5. The van der Waals surface area contributed by atoms with Gasteiger partial charge in [-0.25, -0.2) is 0 Å². The first-order chi connectivity index (χ1) is 16.2. The first-order valence-corrected chi connectivity index (χ1v) is 12.5. The molecule has 174 valence electrons. The highest BCUT2D eigenvalue weighted by molar-refractivity contribution is 5.94. The molecular weight excluding hydrogens is 412 g/mol. The number of carbonyl (C=O) groups is 2. The highest BCUT2D eigenvalue weighted by Gasteiger charge is 2.53. The van der Waals surface area contributed by atoms with Gasteiger partial charge in [-0.2, -0.15) is 0 Å². The van der Waals surface area contributed by atoms with Crippen molar-refractivity contribution in [2.24, 2.45) is 5.92 Å². The van der Waals surface area contributed by atoms with Gasteiger partial charge in [0.25, 0.3) is 5.91 Å². The molecule has 5 nitrogen and oxygen atoms in total. The zero-order valence-electron chi connectivity index (χ0n) is 19.4. The molecule has 2 aromatic rings. The second kappa shape index (κ2) is 9.58. The molecule has 2 saturated heterocycles. The molecule has 0 radical (unpaired) electrons. The molecule has 1 atom stereocenters. The summed E-state index contributed by atoms with van der Waals surface area (Å²) in [5.74, 6) is 1.44. The average molecular weight is 447 g/mol. The number of ether oxygens (including phenoxy) is 1. The van der Waals surface area contributed by atoms with Crippen molar-refractivity contribution < 1.29 is 14.3 Å². The van der Waals surface area contributed by atoms with E-state index < -0.39 is 0 Å². The molecule has 33 heavy (non-hydrogen) atoms. The summed E-state index contributed by atoms with van der Waals surface area (Å²) in [5, 5.41) is 0. The number of rotatable bonds is 6. The molecule has 0 bridgehead atoms. The van der Waals surface area contributed by atoms with Gasteiger partial charge in [0.2, 0.25) is 5.91 Å². The highest BCUT2D eigenvalue weighted by Crippen LogP contribution is 2.50. The van der Waals surface area contributed by atoms with E-state index in [1.807, 2.05) is 47.4 Å². The van der Waals surface area contributed by atoms with Crippen molar-refractivity contribution in [2.75, 3.05) is 32.8 Å². The van der Waals surface area contributed by atoms with Gasteiger partial charge in [-0.05, 0) is 68.7 Å². The normalized spacial score (nSPS) is 22.0. The number of nitrogens with zero attached hydrogens (tertiary/aromatic N) is 2. The van der Waals surface area contributed by atoms with Crippen molar-refractivity contribution in [3.63, 3.8) is 0 Å². The van der Waals surface area contributed by atoms with Crippen molar-refractivity contribution in [3.05, 3.63) is 65.7 Å². The molecule has 5 heteroatoms. The Kier molecular flexibility index (Phi) is 6.39. The Hall–Kier alpha value is -2.82. The predicted octanol–water partition coefficient (Wildman–Crippen LogP) is 4.66. The molecule has 0 N–H and O–H groups in total. The van der Waals surface area contributed by atoms with E-state index in [9.17, 15) is 9.59 Å². The van der Waals surface area contributed by atoms with Gasteiger partial charge in [0.15, 0.2) is 0 Å². The summed E-state index contributed by atoms with van der Waals surface area (Å²) in [4.78, 5) is 30.2. The summed E-state index contributed by atoms with van der Waals surface area (Å²) in [5.41, 5.74) is 1.56. The lowest BCUT2D eigenvalue weighted by Crippen LogP contribution is -2.46. The van der Waals surface area contributed by atoms with Crippen LogP contribution in [0.3, 0.4) is 0 Å². The molecule has 2 aromatic carbocycles. The Morgan fingerprint density at radius 2 is 1.64 bits per heavy atom. The van der Waals surface area contributed by atoms with Gasteiger partial charge in [-0.15, -0.1) is 0 Å². The summed E-state index contributed by atoms with van der Waals surface area (Å²) < 4.78 is 6.13. The zero-order chi connectivity index (χ0) is 22.7. The minimum Gasteiger partial charge on any atom is -0.493 e. The maximum absolute atomic E-state index is 13.4. The Morgan fingerprint density at radius 1 is 0.879 bits per heavy atom. The maximum atomic E-state index is 13.4. The predicted molar refractivity (Wildman–Crippen MR) is 128 cm³/mol. The van der Waals surface area contributed by atoms with E-state index in [2.05, 4.69) is 17.0 Å². The van der Waals surface area contributed by atoms with E-state index in [-0.39, 0.29) is 17.2 Å². The minimum absolute atomic E-state index is 0.102. The van der Waals surface area contributed by atoms with Crippen LogP contribution in [-0.2, 0) is 10.2 Å². The van der Waals surface area contributed by atoms with Crippen LogP contribution in [-0.4, -0.2) is 54.4 Å². The van der Waals surface area contributed by atoms with Crippen LogP contribution in [0.25, 0.3) is 0 Å². The first-order valence-electron chi connectivity index (χ1n) is 12.5. The lowest BCUT2D eigenvalue weighted by Gasteiger charge is -2.35. The third-order valence-electron chi connectivity index (χ3n) is 7.50. The third kappa shape index (κ3) is 4.78. The molecule has 3 fully saturated rings. The van der Waals surface area contributed by atoms with E-state index in [1.165, 1.54) is 6.42 Å². The van der Waals surface area contributed by atoms with Crippen molar-refractivity contribution >= 4 is 11.8 Å². The monoisotopic (exact) mass is 446 g/mol. The first kappa shape index (κ1) is 22.0. The summed E-state index contributed by atoms with van der Waals surface area (Å²) >= 11 is 0. The maximum Gasteiger partial charge on any atom is 0.253 e. The van der Waals surface area contributed by atoms with Gasteiger partial charge in [0, 0.05) is 37.7 Å². The van der Waals surface area contributed by atoms with Crippen molar-refractivity contribution in [3.8, 4) is 5.75 Å². The summed E-state index contributed by atoms with van der Waals surface area (Å²) in [6.07, 6.45) is 7.36. The summed E-state index contributed by atoms with van der Waals surface area (Å²) in [6.45, 7) is 3.85. The van der Waals surface area contributed by atoms with Crippen LogP contribution in [0.2, 0.25) is 0 Å². The average Bonchev–Trinajstić information content (AvgIpc) is 3.70. The van der Waals surface area contributed by atoms with Gasteiger partial charge >= 0.3 is 0 Å². The third-order valence-corrected chi connectivity index (χ3v) is 7.50. The van der Waals surface area contributed by atoms with Crippen molar-refractivity contribution in [1.82, 2.24) is 9.80 Å². The smallest absolute Gasteiger partial charge is 0.253 e. The standard InChI is InChI=1S/C28H34N2O3/c31-26(29-16-5-2-6-17-29)23-10-7-13-25(19-23)33-21-22-9-8-18-30(20-22)27(32)28(14-15-28)24-11-3-1-4-12-24/h1,3-4,7,10-13,19,22H,2,5-6,8-9,14-18,20-21H2/t22-/m1/s1. The molecule has 5 rings (SSSR count). The van der Waals surface area contributed by atoms with E-state index in [0.717, 1.165) is 76.0 Å². The lowest BCUT2D eigenvalue weighted by atomic mass is 9.91.